The molecule has 3 aromatic rings. The summed E-state index contributed by atoms with van der Waals surface area (Å²) in [6, 6.07) is 15.5. The number of fused-ring (bicyclic) bond motifs is 3. The van der Waals surface area contributed by atoms with E-state index in [9.17, 15) is 14.7 Å². The summed E-state index contributed by atoms with van der Waals surface area (Å²) in [6.45, 7) is 0.236. The lowest BCUT2D eigenvalue weighted by Crippen LogP contribution is -2.42. The van der Waals surface area contributed by atoms with Crippen LogP contribution in [-0.4, -0.2) is 44.6 Å². The summed E-state index contributed by atoms with van der Waals surface area (Å²) in [5.74, 6) is -0.593. The number of amides is 1. The van der Waals surface area contributed by atoms with Crippen molar-refractivity contribution in [3.8, 4) is 28.7 Å². The van der Waals surface area contributed by atoms with Gasteiger partial charge >= 0.3 is 5.97 Å². The summed E-state index contributed by atoms with van der Waals surface area (Å²) in [6.07, 6.45) is 0. The van der Waals surface area contributed by atoms with E-state index in [-0.39, 0.29) is 48.4 Å². The highest BCUT2D eigenvalue weighted by Crippen LogP contribution is 2.55. The van der Waals surface area contributed by atoms with E-state index in [1.54, 1.807) is 36.4 Å². The van der Waals surface area contributed by atoms with Gasteiger partial charge in [-0.25, -0.2) is 0 Å². The van der Waals surface area contributed by atoms with Gasteiger partial charge in [-0.2, -0.15) is 0 Å². The van der Waals surface area contributed by atoms with Gasteiger partial charge in [0.1, 0.15) is 0 Å². The second-order valence-corrected chi connectivity index (χ2v) is 9.22. The quantitative estimate of drug-likeness (QED) is 0.509. The number of esters is 1. The van der Waals surface area contributed by atoms with E-state index in [0.29, 0.717) is 22.6 Å². The maximum absolute atomic E-state index is 13.2. The molecule has 1 unspecified atom stereocenters. The van der Waals surface area contributed by atoms with Crippen LogP contribution in [0.4, 0.5) is 0 Å². The predicted octanol–water partition coefficient (Wildman–Crippen LogP) is 3.54. The van der Waals surface area contributed by atoms with E-state index < -0.39 is 17.9 Å². The standard InChI is InChI=1S/C28H25NO8/c1-33-21-8-15(9-22(34-2)26(21)30)23-16-10-19-20(37-13-36-19)11-17(16)25(18-12-35-28(32)24(18)23)29-27(31)14-6-4-3-5-7-14/h3-11,18,23-25,30H,12-13H2,1-2H3,(H,29,31)/t18?,23-,24+,25-/m1/s1. The molecule has 1 aliphatic carbocycles. The minimum Gasteiger partial charge on any atom is -0.502 e. The van der Waals surface area contributed by atoms with Crippen molar-refractivity contribution >= 4 is 11.9 Å². The molecule has 190 valence electrons. The zero-order chi connectivity index (χ0) is 25.7. The zero-order valence-electron chi connectivity index (χ0n) is 20.2. The average Bonchev–Trinajstić information content (AvgIpc) is 3.54. The summed E-state index contributed by atoms with van der Waals surface area (Å²) in [5.41, 5.74) is 2.82. The third-order valence-electron chi connectivity index (χ3n) is 7.37. The Hall–Kier alpha value is -4.40. The monoisotopic (exact) mass is 503 g/mol. The molecule has 1 saturated heterocycles. The molecule has 4 atom stereocenters. The molecule has 0 saturated carbocycles. The van der Waals surface area contributed by atoms with Gasteiger partial charge in [0.25, 0.3) is 5.91 Å². The third-order valence-corrected chi connectivity index (χ3v) is 7.37. The van der Waals surface area contributed by atoms with E-state index in [0.717, 1.165) is 11.1 Å². The third kappa shape index (κ3) is 3.69. The van der Waals surface area contributed by atoms with Crippen LogP contribution in [0.5, 0.6) is 28.7 Å². The van der Waals surface area contributed by atoms with Gasteiger partial charge in [0.2, 0.25) is 12.5 Å². The number of phenols is 1. The van der Waals surface area contributed by atoms with Crippen LogP contribution in [0.2, 0.25) is 0 Å². The Kier molecular flexibility index (Phi) is 5.55. The lowest BCUT2D eigenvalue weighted by Gasteiger charge is -2.39. The Bertz CT molecular complexity index is 1360. The number of phenolic OH excluding ortho intramolecular Hbond substituents is 1. The molecule has 9 nitrogen and oxygen atoms in total. The molecule has 9 heteroatoms. The number of carbonyl (C=O) groups excluding carboxylic acids is 2. The summed E-state index contributed by atoms with van der Waals surface area (Å²) < 4.78 is 27.7. The Morgan fingerprint density at radius 1 is 0.946 bits per heavy atom. The van der Waals surface area contributed by atoms with Crippen LogP contribution in [0, 0.1) is 11.8 Å². The van der Waals surface area contributed by atoms with E-state index in [2.05, 4.69) is 5.32 Å². The second kappa shape index (κ2) is 8.92. The zero-order valence-corrected chi connectivity index (χ0v) is 20.2. The molecule has 1 fully saturated rings. The van der Waals surface area contributed by atoms with Crippen LogP contribution in [0.25, 0.3) is 0 Å². The minimum atomic E-state index is -0.604. The molecule has 0 spiro atoms. The highest BCUT2D eigenvalue weighted by Gasteiger charge is 2.53. The van der Waals surface area contributed by atoms with Crippen molar-refractivity contribution in [1.82, 2.24) is 5.32 Å². The summed E-state index contributed by atoms with van der Waals surface area (Å²) in [5, 5.41) is 13.6. The summed E-state index contributed by atoms with van der Waals surface area (Å²) in [7, 11) is 2.90. The Morgan fingerprint density at radius 2 is 1.59 bits per heavy atom. The number of hydrogen-bond donors (Lipinski definition) is 2. The number of aromatic hydroxyl groups is 1. The number of rotatable bonds is 5. The van der Waals surface area contributed by atoms with E-state index in [1.165, 1.54) is 14.2 Å². The first-order chi connectivity index (χ1) is 18.0. The van der Waals surface area contributed by atoms with Crippen LogP contribution < -0.4 is 24.3 Å². The van der Waals surface area contributed by atoms with Gasteiger partial charge in [-0.05, 0) is 53.1 Å². The van der Waals surface area contributed by atoms with Gasteiger partial charge in [0.05, 0.1) is 32.8 Å². The molecule has 1 amide bonds. The van der Waals surface area contributed by atoms with Crippen molar-refractivity contribution < 1.29 is 38.4 Å². The number of benzene rings is 3. The van der Waals surface area contributed by atoms with Gasteiger partial charge in [0.15, 0.2) is 23.0 Å². The van der Waals surface area contributed by atoms with E-state index in [4.69, 9.17) is 23.7 Å². The van der Waals surface area contributed by atoms with E-state index in [1.807, 2.05) is 18.2 Å². The highest BCUT2D eigenvalue weighted by molar-refractivity contribution is 5.94. The van der Waals surface area contributed by atoms with Crippen LogP contribution in [-0.2, 0) is 9.53 Å². The van der Waals surface area contributed by atoms with E-state index >= 15 is 0 Å². The number of nitrogens with one attached hydrogen (secondary N) is 1. The number of hydrogen-bond acceptors (Lipinski definition) is 8. The molecule has 2 heterocycles. The fraction of sp³-hybridized carbons (Fsp3) is 0.286. The Balaban J connectivity index is 1.53. The lowest BCUT2D eigenvalue weighted by atomic mass is 9.65. The van der Waals surface area contributed by atoms with Gasteiger partial charge in [-0.3, -0.25) is 9.59 Å². The highest BCUT2D eigenvalue weighted by atomic mass is 16.7. The number of ether oxygens (including phenoxy) is 5. The maximum Gasteiger partial charge on any atom is 0.310 e. The molecule has 37 heavy (non-hydrogen) atoms. The number of cyclic esters (lactones) is 1. The predicted molar refractivity (Wildman–Crippen MR) is 130 cm³/mol. The topological polar surface area (TPSA) is 113 Å². The van der Waals surface area contributed by atoms with Crippen LogP contribution in [0.15, 0.2) is 54.6 Å². The van der Waals surface area contributed by atoms with Crippen LogP contribution >= 0.6 is 0 Å². The first kappa shape index (κ1) is 23.0. The van der Waals surface area contributed by atoms with Crippen molar-refractivity contribution in [2.45, 2.75) is 12.0 Å². The number of methoxy groups -OCH3 is 2. The molecule has 0 aromatic heterocycles. The first-order valence-corrected chi connectivity index (χ1v) is 11.9. The first-order valence-electron chi connectivity index (χ1n) is 11.9. The SMILES string of the molecule is COc1cc([C@@H]2c3cc4c(cc3[C@@H](NC(=O)c3ccccc3)C3COC(=O)[C@@H]32)OCO4)cc(OC)c1O. The van der Waals surface area contributed by atoms with Crippen molar-refractivity contribution in [3.63, 3.8) is 0 Å². The Labute approximate surface area is 212 Å². The Morgan fingerprint density at radius 3 is 2.24 bits per heavy atom. The largest absolute Gasteiger partial charge is 0.502 e. The van der Waals surface area contributed by atoms with Gasteiger partial charge < -0.3 is 34.1 Å². The minimum absolute atomic E-state index is 0.0830. The van der Waals surface area contributed by atoms with Crippen molar-refractivity contribution in [1.29, 1.82) is 0 Å². The smallest absolute Gasteiger partial charge is 0.310 e. The number of carbonyl (C=O) groups is 2. The molecule has 2 aliphatic heterocycles. The molecule has 3 aliphatic rings. The molecule has 6 rings (SSSR count). The fourth-order valence-electron chi connectivity index (χ4n) is 5.66. The van der Waals surface area contributed by atoms with Crippen molar-refractivity contribution in [2.24, 2.45) is 11.8 Å². The van der Waals surface area contributed by atoms with Gasteiger partial charge in [0, 0.05) is 17.4 Å². The van der Waals surface area contributed by atoms with Crippen LogP contribution in [0.3, 0.4) is 0 Å². The lowest BCUT2D eigenvalue weighted by molar-refractivity contribution is -0.141. The van der Waals surface area contributed by atoms with Crippen molar-refractivity contribution in [3.05, 3.63) is 76.9 Å². The average molecular weight is 504 g/mol. The van der Waals surface area contributed by atoms with Crippen molar-refractivity contribution in [2.75, 3.05) is 27.6 Å². The molecule has 0 radical (unpaired) electrons. The molecule has 3 aromatic carbocycles. The second-order valence-electron chi connectivity index (χ2n) is 9.22. The summed E-state index contributed by atoms with van der Waals surface area (Å²) >= 11 is 0. The normalized spacial score (nSPS) is 23.0. The van der Waals surface area contributed by atoms with Gasteiger partial charge in [-0.15, -0.1) is 0 Å². The van der Waals surface area contributed by atoms with Gasteiger partial charge in [-0.1, -0.05) is 18.2 Å². The fourth-order valence-corrected chi connectivity index (χ4v) is 5.66. The van der Waals surface area contributed by atoms with Crippen LogP contribution in [0.1, 0.15) is 39.0 Å². The summed E-state index contributed by atoms with van der Waals surface area (Å²) in [4.78, 5) is 26.4. The maximum atomic E-state index is 13.2. The molecular weight excluding hydrogens is 478 g/mol. The molecule has 2 N–H and O–H groups in total. The molecule has 0 bridgehead atoms. The molecular formula is C28H25NO8.